The number of nitroso groups, excluding NO2 is 1. The van der Waals surface area contributed by atoms with Crippen LogP contribution in [-0.4, -0.2) is 11.8 Å². The maximum Gasteiger partial charge on any atom is 0.268 e. The van der Waals surface area contributed by atoms with Crippen molar-refractivity contribution in [1.29, 1.82) is 5.26 Å². The lowest BCUT2D eigenvalue weighted by Gasteiger charge is -2.01. The zero-order chi connectivity index (χ0) is 12.4. The highest BCUT2D eigenvalue weighted by molar-refractivity contribution is 6.17. The standard InChI is InChI=1S/C12H5N3O2/c1-14-9(6-13)10-7-4-2-3-5-8(7)12(16)11(10)15-17/h2-5,11H. The van der Waals surface area contributed by atoms with Crippen LogP contribution in [0.1, 0.15) is 15.9 Å². The maximum atomic E-state index is 11.8. The summed E-state index contributed by atoms with van der Waals surface area (Å²) in [6.07, 6.45) is 0. The Bertz CT molecular complexity index is 616. The summed E-state index contributed by atoms with van der Waals surface area (Å²) in [5.41, 5.74) is 0.657. The molecule has 1 aliphatic carbocycles. The first kappa shape index (κ1) is 10.7. The van der Waals surface area contributed by atoms with Crippen LogP contribution in [0.3, 0.4) is 0 Å². The van der Waals surface area contributed by atoms with Crippen molar-refractivity contribution >= 4 is 11.4 Å². The normalized spacial score (nSPS) is 20.1. The van der Waals surface area contributed by atoms with Gasteiger partial charge in [0.2, 0.25) is 0 Å². The van der Waals surface area contributed by atoms with E-state index in [9.17, 15) is 9.70 Å². The van der Waals surface area contributed by atoms with E-state index in [1.165, 1.54) is 0 Å². The minimum atomic E-state index is -1.27. The first-order chi connectivity index (χ1) is 8.24. The smallest absolute Gasteiger partial charge is 0.268 e. The van der Waals surface area contributed by atoms with Crippen LogP contribution in [0.4, 0.5) is 0 Å². The lowest BCUT2D eigenvalue weighted by molar-refractivity contribution is 0.0988. The summed E-state index contributed by atoms with van der Waals surface area (Å²) in [5, 5.41) is 11.6. The monoisotopic (exact) mass is 223 g/mol. The Morgan fingerprint density at radius 1 is 1.41 bits per heavy atom. The number of hydrogen-bond donors (Lipinski definition) is 0. The molecule has 0 saturated carbocycles. The summed E-state index contributed by atoms with van der Waals surface area (Å²) in [6.45, 7) is 6.89. The predicted molar refractivity (Wildman–Crippen MR) is 59.5 cm³/mol. The van der Waals surface area contributed by atoms with Crippen LogP contribution in [0, 0.1) is 22.8 Å². The third-order valence-corrected chi connectivity index (χ3v) is 2.58. The van der Waals surface area contributed by atoms with E-state index < -0.39 is 11.8 Å². The third-order valence-electron chi connectivity index (χ3n) is 2.58. The topological polar surface area (TPSA) is 74.7 Å². The molecule has 2 rings (SSSR count). The minimum Gasteiger partial charge on any atom is -0.291 e. The van der Waals surface area contributed by atoms with Gasteiger partial charge in [0.05, 0.1) is 12.6 Å². The van der Waals surface area contributed by atoms with Crippen LogP contribution >= 0.6 is 0 Å². The highest BCUT2D eigenvalue weighted by atomic mass is 16.3. The SMILES string of the molecule is [C-]#[N+]C(C#N)=C1c2ccccc2C(=O)C1N=O. The Labute approximate surface area is 96.8 Å². The first-order valence-corrected chi connectivity index (χ1v) is 4.72. The van der Waals surface area contributed by atoms with Crippen molar-refractivity contribution in [2.75, 3.05) is 0 Å². The van der Waals surface area contributed by atoms with Crippen LogP contribution in [-0.2, 0) is 0 Å². The number of allylic oxidation sites excluding steroid dienone is 1. The summed E-state index contributed by atoms with van der Waals surface area (Å²) >= 11 is 0. The first-order valence-electron chi connectivity index (χ1n) is 4.72. The van der Waals surface area contributed by atoms with E-state index in [2.05, 4.69) is 10.0 Å². The Kier molecular flexibility index (Phi) is 2.52. The molecule has 0 heterocycles. The Balaban J connectivity index is 2.81. The molecule has 17 heavy (non-hydrogen) atoms. The van der Waals surface area contributed by atoms with Crippen molar-refractivity contribution in [2.24, 2.45) is 5.18 Å². The molecule has 1 unspecified atom stereocenters. The zero-order valence-corrected chi connectivity index (χ0v) is 8.54. The lowest BCUT2D eigenvalue weighted by Crippen LogP contribution is -2.12. The van der Waals surface area contributed by atoms with Crippen molar-refractivity contribution in [3.8, 4) is 6.07 Å². The molecular weight excluding hydrogens is 218 g/mol. The number of nitriles is 1. The fraction of sp³-hybridized carbons (Fsp3) is 0.0833. The summed E-state index contributed by atoms with van der Waals surface area (Å²) in [5.74, 6) is -0.456. The van der Waals surface area contributed by atoms with Crippen LogP contribution in [0.5, 0.6) is 0 Å². The maximum absolute atomic E-state index is 11.8. The molecule has 1 atom stereocenters. The van der Waals surface area contributed by atoms with Crippen LogP contribution in [0.25, 0.3) is 10.4 Å². The van der Waals surface area contributed by atoms with Crippen molar-refractivity contribution in [3.63, 3.8) is 0 Å². The van der Waals surface area contributed by atoms with Gasteiger partial charge in [-0.2, -0.15) is 0 Å². The summed E-state index contributed by atoms with van der Waals surface area (Å²) < 4.78 is 0. The molecule has 0 aromatic heterocycles. The van der Waals surface area contributed by atoms with E-state index in [4.69, 9.17) is 11.8 Å². The van der Waals surface area contributed by atoms with Crippen molar-refractivity contribution in [1.82, 2.24) is 0 Å². The number of carbonyl (C=O) groups excluding carboxylic acids is 1. The molecule has 0 saturated heterocycles. The van der Waals surface area contributed by atoms with E-state index in [1.54, 1.807) is 30.3 Å². The second-order valence-corrected chi connectivity index (χ2v) is 3.40. The summed E-state index contributed by atoms with van der Waals surface area (Å²) in [7, 11) is 0. The number of fused-ring (bicyclic) bond motifs is 1. The van der Waals surface area contributed by atoms with E-state index in [1.807, 2.05) is 0 Å². The van der Waals surface area contributed by atoms with E-state index in [0.717, 1.165) is 0 Å². The van der Waals surface area contributed by atoms with Gasteiger partial charge in [0.1, 0.15) is 0 Å². The van der Waals surface area contributed by atoms with Gasteiger partial charge >= 0.3 is 0 Å². The Morgan fingerprint density at radius 2 is 2.06 bits per heavy atom. The molecule has 1 aliphatic rings. The number of nitrogens with zero attached hydrogens (tertiary/aromatic N) is 3. The van der Waals surface area contributed by atoms with Gasteiger partial charge in [-0.1, -0.05) is 29.4 Å². The largest absolute Gasteiger partial charge is 0.291 e. The van der Waals surface area contributed by atoms with Gasteiger partial charge in [0, 0.05) is 11.1 Å². The fourth-order valence-electron chi connectivity index (χ4n) is 1.86. The van der Waals surface area contributed by atoms with Crippen LogP contribution in [0.15, 0.2) is 35.1 Å². The molecule has 0 fully saturated rings. The molecule has 0 radical (unpaired) electrons. The molecule has 5 heteroatoms. The molecule has 1 aromatic rings. The number of ketones is 1. The number of carbonyl (C=O) groups is 1. The number of rotatable bonds is 1. The molecular formula is C12H5N3O2. The van der Waals surface area contributed by atoms with Crippen molar-refractivity contribution < 1.29 is 4.79 Å². The molecule has 0 aliphatic heterocycles. The summed E-state index contributed by atoms with van der Waals surface area (Å²) in [6, 6.07) is 6.93. The fourth-order valence-corrected chi connectivity index (χ4v) is 1.86. The average Bonchev–Trinajstić information content (AvgIpc) is 2.65. The van der Waals surface area contributed by atoms with Crippen molar-refractivity contribution in [2.45, 2.75) is 6.04 Å². The lowest BCUT2D eigenvalue weighted by atomic mass is 10.0. The Morgan fingerprint density at radius 3 is 2.59 bits per heavy atom. The van der Waals surface area contributed by atoms with Gasteiger partial charge in [-0.3, -0.25) is 4.79 Å². The molecule has 5 nitrogen and oxygen atoms in total. The van der Waals surface area contributed by atoms with Crippen molar-refractivity contribution in [3.05, 3.63) is 57.4 Å². The van der Waals surface area contributed by atoms with Gasteiger partial charge in [0.15, 0.2) is 11.8 Å². The molecule has 0 N–H and O–H groups in total. The average molecular weight is 223 g/mol. The second-order valence-electron chi connectivity index (χ2n) is 3.40. The second kappa shape index (κ2) is 3.99. The summed E-state index contributed by atoms with van der Waals surface area (Å²) in [4.78, 5) is 25.6. The third kappa shape index (κ3) is 1.42. The van der Waals surface area contributed by atoms with Gasteiger partial charge in [-0.25, -0.2) is 10.1 Å². The number of Topliss-reactive ketones (excluding diaryl/α,β-unsaturated/α-hetero) is 1. The highest BCUT2D eigenvalue weighted by Gasteiger charge is 2.38. The van der Waals surface area contributed by atoms with Gasteiger partial charge in [0.25, 0.3) is 5.70 Å². The molecule has 0 amide bonds. The number of benzene rings is 1. The molecule has 80 valence electrons. The van der Waals surface area contributed by atoms with Gasteiger partial charge in [-0.15, -0.1) is 4.91 Å². The molecule has 1 aromatic carbocycles. The predicted octanol–water partition coefficient (Wildman–Crippen LogP) is 2.17. The Hall–Kier alpha value is -2.79. The van der Waals surface area contributed by atoms with Crippen LogP contribution in [0.2, 0.25) is 0 Å². The zero-order valence-electron chi connectivity index (χ0n) is 8.54. The minimum absolute atomic E-state index is 0.123. The number of hydrogen-bond acceptors (Lipinski definition) is 4. The quantitative estimate of drug-likeness (QED) is 0.416. The van der Waals surface area contributed by atoms with Crippen LogP contribution < -0.4 is 0 Å². The molecule has 0 spiro atoms. The van der Waals surface area contributed by atoms with E-state index >= 15 is 0 Å². The van der Waals surface area contributed by atoms with Gasteiger partial charge < -0.3 is 0 Å². The van der Waals surface area contributed by atoms with Gasteiger partial charge in [-0.05, 0) is 5.56 Å². The van der Waals surface area contributed by atoms with E-state index in [0.29, 0.717) is 11.1 Å². The van der Waals surface area contributed by atoms with E-state index in [-0.39, 0.29) is 11.3 Å². The molecule has 0 bridgehead atoms. The highest BCUT2D eigenvalue weighted by Crippen LogP contribution is 2.36.